The zero-order valence-electron chi connectivity index (χ0n) is 12.9. The Hall–Kier alpha value is -2.66. The predicted octanol–water partition coefficient (Wildman–Crippen LogP) is 4.27. The highest BCUT2D eigenvalue weighted by Gasteiger charge is 2.05. The van der Waals surface area contributed by atoms with Crippen molar-refractivity contribution in [2.45, 2.75) is 6.92 Å². The van der Waals surface area contributed by atoms with E-state index in [-0.39, 0.29) is 5.91 Å². The lowest BCUT2D eigenvalue weighted by Crippen LogP contribution is -2.07. The first-order valence-electron chi connectivity index (χ1n) is 7.14. The van der Waals surface area contributed by atoms with Crippen molar-refractivity contribution < 1.29 is 9.53 Å². The SMILES string of the molecule is COc1ccc(/C=C\C(=O)Nc2nc3ccc(C)cc3s2)cc1. The van der Waals surface area contributed by atoms with Crippen molar-refractivity contribution in [3.8, 4) is 5.75 Å². The molecule has 0 aliphatic heterocycles. The van der Waals surface area contributed by atoms with Gasteiger partial charge in [-0.25, -0.2) is 4.98 Å². The van der Waals surface area contributed by atoms with Crippen molar-refractivity contribution >= 4 is 38.7 Å². The molecule has 0 unspecified atom stereocenters. The van der Waals surface area contributed by atoms with Crippen LogP contribution in [0, 0.1) is 6.92 Å². The molecule has 0 bridgehead atoms. The normalized spacial score (nSPS) is 11.0. The number of nitrogens with zero attached hydrogens (tertiary/aromatic N) is 1. The third-order valence-electron chi connectivity index (χ3n) is 3.32. The zero-order chi connectivity index (χ0) is 16.2. The highest BCUT2D eigenvalue weighted by molar-refractivity contribution is 7.22. The monoisotopic (exact) mass is 324 g/mol. The van der Waals surface area contributed by atoms with Crippen molar-refractivity contribution in [2.24, 2.45) is 0 Å². The van der Waals surface area contributed by atoms with E-state index in [1.807, 2.05) is 43.3 Å². The molecule has 0 spiro atoms. The Kier molecular flexibility index (Phi) is 4.39. The van der Waals surface area contributed by atoms with Crippen molar-refractivity contribution in [2.75, 3.05) is 12.4 Å². The van der Waals surface area contributed by atoms with Gasteiger partial charge in [0.25, 0.3) is 0 Å². The highest BCUT2D eigenvalue weighted by atomic mass is 32.1. The topological polar surface area (TPSA) is 51.2 Å². The fraction of sp³-hybridized carbons (Fsp3) is 0.111. The number of hydrogen-bond donors (Lipinski definition) is 1. The largest absolute Gasteiger partial charge is 0.497 e. The maximum absolute atomic E-state index is 12.0. The van der Waals surface area contributed by atoms with Crippen LogP contribution >= 0.6 is 11.3 Å². The standard InChI is InChI=1S/C18H16N2O2S/c1-12-3-9-15-16(11-12)23-18(19-15)20-17(21)10-6-13-4-7-14(22-2)8-5-13/h3-11H,1-2H3,(H,19,20,21)/b10-6-. The first-order chi connectivity index (χ1) is 11.1. The maximum Gasteiger partial charge on any atom is 0.250 e. The van der Waals surface area contributed by atoms with Gasteiger partial charge in [0.05, 0.1) is 17.3 Å². The number of carbonyl (C=O) groups is 1. The van der Waals surface area contributed by atoms with Crippen molar-refractivity contribution in [1.82, 2.24) is 4.98 Å². The molecule has 4 nitrogen and oxygen atoms in total. The molecule has 1 amide bonds. The van der Waals surface area contributed by atoms with Crippen LogP contribution in [-0.2, 0) is 4.79 Å². The molecule has 1 aromatic heterocycles. The molecule has 3 rings (SSSR count). The molecule has 0 atom stereocenters. The first kappa shape index (κ1) is 15.2. The van der Waals surface area contributed by atoms with Gasteiger partial charge in [-0.2, -0.15) is 0 Å². The molecular weight excluding hydrogens is 308 g/mol. The van der Waals surface area contributed by atoms with E-state index in [4.69, 9.17) is 4.74 Å². The fourth-order valence-electron chi connectivity index (χ4n) is 2.12. The van der Waals surface area contributed by atoms with Crippen LogP contribution in [0.15, 0.2) is 48.5 Å². The summed E-state index contributed by atoms with van der Waals surface area (Å²) in [5.41, 5.74) is 3.01. The summed E-state index contributed by atoms with van der Waals surface area (Å²) >= 11 is 1.47. The van der Waals surface area contributed by atoms with E-state index in [1.165, 1.54) is 23.0 Å². The number of benzene rings is 2. The van der Waals surface area contributed by atoms with Gasteiger partial charge < -0.3 is 4.74 Å². The van der Waals surface area contributed by atoms with Gasteiger partial charge in [-0.15, -0.1) is 0 Å². The summed E-state index contributed by atoms with van der Waals surface area (Å²) in [5.74, 6) is 0.591. The lowest BCUT2D eigenvalue weighted by atomic mass is 10.2. The number of nitrogens with one attached hydrogen (secondary N) is 1. The van der Waals surface area contributed by atoms with Gasteiger partial charge in [-0.3, -0.25) is 10.1 Å². The number of aromatic nitrogens is 1. The molecule has 0 aliphatic rings. The summed E-state index contributed by atoms with van der Waals surface area (Å²) in [5, 5.41) is 3.41. The Balaban J connectivity index is 1.68. The third kappa shape index (κ3) is 3.76. The quantitative estimate of drug-likeness (QED) is 0.729. The molecule has 0 radical (unpaired) electrons. The Morgan fingerprint density at radius 1 is 1.22 bits per heavy atom. The van der Waals surface area contributed by atoms with Crippen molar-refractivity contribution in [3.63, 3.8) is 0 Å². The summed E-state index contributed by atoms with van der Waals surface area (Å²) in [6.07, 6.45) is 3.26. The summed E-state index contributed by atoms with van der Waals surface area (Å²) in [4.78, 5) is 16.4. The molecule has 3 aromatic rings. The highest BCUT2D eigenvalue weighted by Crippen LogP contribution is 2.26. The van der Waals surface area contributed by atoms with E-state index in [1.54, 1.807) is 13.2 Å². The molecule has 116 valence electrons. The molecule has 5 heteroatoms. The number of amides is 1. The van der Waals surface area contributed by atoms with Crippen molar-refractivity contribution in [1.29, 1.82) is 0 Å². The van der Waals surface area contributed by atoms with E-state index in [0.717, 1.165) is 21.5 Å². The van der Waals surface area contributed by atoms with Gasteiger partial charge in [0.1, 0.15) is 5.75 Å². The smallest absolute Gasteiger partial charge is 0.250 e. The fourth-order valence-corrected chi connectivity index (χ4v) is 3.09. The minimum Gasteiger partial charge on any atom is -0.497 e. The maximum atomic E-state index is 12.0. The summed E-state index contributed by atoms with van der Waals surface area (Å²) < 4.78 is 6.17. The van der Waals surface area contributed by atoms with Gasteiger partial charge in [-0.1, -0.05) is 29.5 Å². The summed E-state index contributed by atoms with van der Waals surface area (Å²) in [7, 11) is 1.62. The second-order valence-corrected chi connectivity index (χ2v) is 6.12. The van der Waals surface area contributed by atoms with Gasteiger partial charge in [0, 0.05) is 6.08 Å². The van der Waals surface area contributed by atoms with Gasteiger partial charge in [-0.05, 0) is 48.4 Å². The summed E-state index contributed by atoms with van der Waals surface area (Å²) in [6.45, 7) is 2.04. The van der Waals surface area contributed by atoms with Crippen LogP contribution in [0.2, 0.25) is 0 Å². The van der Waals surface area contributed by atoms with Gasteiger partial charge in [0.15, 0.2) is 5.13 Å². The molecule has 0 aliphatic carbocycles. The Labute approximate surface area is 138 Å². The Morgan fingerprint density at radius 3 is 2.74 bits per heavy atom. The van der Waals surface area contributed by atoms with Crippen molar-refractivity contribution in [3.05, 3.63) is 59.7 Å². The number of ether oxygens (including phenoxy) is 1. The second-order valence-electron chi connectivity index (χ2n) is 5.09. The summed E-state index contributed by atoms with van der Waals surface area (Å²) in [6, 6.07) is 13.5. The van der Waals surface area contributed by atoms with E-state index < -0.39 is 0 Å². The number of rotatable bonds is 4. The third-order valence-corrected chi connectivity index (χ3v) is 4.25. The van der Waals surface area contributed by atoms with Crippen LogP contribution in [0.1, 0.15) is 11.1 Å². The van der Waals surface area contributed by atoms with Gasteiger partial charge in [0.2, 0.25) is 5.91 Å². The molecule has 23 heavy (non-hydrogen) atoms. The molecule has 0 fully saturated rings. The molecule has 2 aromatic carbocycles. The van der Waals surface area contributed by atoms with Crippen LogP contribution in [0.25, 0.3) is 16.3 Å². The average Bonchev–Trinajstić information content (AvgIpc) is 2.94. The first-order valence-corrected chi connectivity index (χ1v) is 7.96. The van der Waals surface area contributed by atoms with Crippen LogP contribution in [0.4, 0.5) is 5.13 Å². The lowest BCUT2D eigenvalue weighted by molar-refractivity contribution is -0.111. The molecule has 1 N–H and O–H groups in total. The molecule has 0 saturated carbocycles. The number of carbonyl (C=O) groups excluding carboxylic acids is 1. The Bertz CT molecular complexity index is 866. The van der Waals surface area contributed by atoms with Gasteiger partial charge >= 0.3 is 0 Å². The number of anilines is 1. The van der Waals surface area contributed by atoms with E-state index in [2.05, 4.69) is 16.4 Å². The average molecular weight is 324 g/mol. The number of fused-ring (bicyclic) bond motifs is 1. The molecular formula is C18H16N2O2S. The minimum atomic E-state index is -0.198. The zero-order valence-corrected chi connectivity index (χ0v) is 13.7. The minimum absolute atomic E-state index is 0.198. The van der Waals surface area contributed by atoms with E-state index in [9.17, 15) is 4.79 Å². The van der Waals surface area contributed by atoms with Crippen LogP contribution < -0.4 is 10.1 Å². The molecule has 0 saturated heterocycles. The van der Waals surface area contributed by atoms with Crippen LogP contribution in [0.5, 0.6) is 5.75 Å². The number of methoxy groups -OCH3 is 1. The second kappa shape index (κ2) is 6.62. The number of aryl methyl sites for hydroxylation is 1. The lowest BCUT2D eigenvalue weighted by Gasteiger charge is -1.99. The number of hydrogen-bond acceptors (Lipinski definition) is 4. The Morgan fingerprint density at radius 2 is 2.00 bits per heavy atom. The van der Waals surface area contributed by atoms with Crippen LogP contribution in [0.3, 0.4) is 0 Å². The molecule has 1 heterocycles. The van der Waals surface area contributed by atoms with E-state index >= 15 is 0 Å². The number of thiazole rings is 1. The van der Waals surface area contributed by atoms with Crippen LogP contribution in [-0.4, -0.2) is 18.0 Å². The van der Waals surface area contributed by atoms with E-state index in [0.29, 0.717) is 5.13 Å². The predicted molar refractivity (Wildman–Crippen MR) is 95.0 cm³/mol.